The Morgan fingerprint density at radius 3 is 2.71 bits per heavy atom. The normalized spacial score (nSPS) is 9.93. The number of aryl methyl sites for hydroxylation is 1. The minimum Gasteiger partial charge on any atom is -0.462 e. The zero-order valence-corrected chi connectivity index (χ0v) is 9.72. The molecule has 0 heterocycles. The van der Waals surface area contributed by atoms with Crippen molar-refractivity contribution in [2.45, 2.75) is 13.8 Å². The quantitative estimate of drug-likeness (QED) is 0.655. The van der Waals surface area contributed by atoms with E-state index in [1.165, 1.54) is 0 Å². The molecular weight excluding hydrogens is 246 g/mol. The summed E-state index contributed by atoms with van der Waals surface area (Å²) in [7, 11) is 0. The summed E-state index contributed by atoms with van der Waals surface area (Å²) in [4.78, 5) is 11.4. The maximum absolute atomic E-state index is 11.4. The van der Waals surface area contributed by atoms with Gasteiger partial charge in [-0.25, -0.2) is 4.79 Å². The number of nitrogen functional groups attached to an aromatic ring is 1. The van der Waals surface area contributed by atoms with Gasteiger partial charge >= 0.3 is 5.97 Å². The molecule has 2 N–H and O–H groups in total. The molecule has 0 fully saturated rings. The molecule has 76 valence electrons. The van der Waals surface area contributed by atoms with Crippen molar-refractivity contribution in [1.29, 1.82) is 0 Å². The summed E-state index contributed by atoms with van der Waals surface area (Å²) in [5, 5.41) is 0. The number of anilines is 1. The molecule has 0 aliphatic carbocycles. The van der Waals surface area contributed by atoms with Crippen molar-refractivity contribution < 1.29 is 9.53 Å². The Hall–Kier alpha value is -1.03. The van der Waals surface area contributed by atoms with E-state index in [4.69, 9.17) is 10.5 Å². The molecule has 0 saturated carbocycles. The molecular formula is C10H12BrNO2. The highest BCUT2D eigenvalue weighted by atomic mass is 79.9. The Labute approximate surface area is 91.4 Å². The first kappa shape index (κ1) is 11.0. The number of carbonyl (C=O) groups excluding carboxylic acids is 1. The van der Waals surface area contributed by atoms with Gasteiger partial charge in [0.05, 0.1) is 12.2 Å². The minimum absolute atomic E-state index is 0.323. The molecule has 0 radical (unpaired) electrons. The summed E-state index contributed by atoms with van der Waals surface area (Å²) >= 11 is 3.28. The van der Waals surface area contributed by atoms with Gasteiger partial charge in [0, 0.05) is 10.2 Å². The van der Waals surface area contributed by atoms with Crippen LogP contribution in [0.25, 0.3) is 0 Å². The zero-order valence-electron chi connectivity index (χ0n) is 8.13. The molecule has 1 rings (SSSR count). The molecule has 0 unspecified atom stereocenters. The van der Waals surface area contributed by atoms with Crippen LogP contribution in [0.3, 0.4) is 0 Å². The number of benzene rings is 1. The van der Waals surface area contributed by atoms with E-state index in [1.807, 2.05) is 6.92 Å². The van der Waals surface area contributed by atoms with Gasteiger partial charge in [-0.1, -0.05) is 0 Å². The lowest BCUT2D eigenvalue weighted by Gasteiger charge is -2.06. The average molecular weight is 258 g/mol. The summed E-state index contributed by atoms with van der Waals surface area (Å²) < 4.78 is 5.60. The number of halogens is 1. The van der Waals surface area contributed by atoms with Crippen LogP contribution in [-0.4, -0.2) is 12.6 Å². The molecule has 1 aromatic carbocycles. The van der Waals surface area contributed by atoms with Crippen LogP contribution in [0.1, 0.15) is 22.8 Å². The van der Waals surface area contributed by atoms with Gasteiger partial charge in [0.2, 0.25) is 0 Å². The second kappa shape index (κ2) is 4.46. The molecule has 0 saturated heterocycles. The fourth-order valence-electron chi connectivity index (χ4n) is 1.09. The first-order chi connectivity index (χ1) is 6.56. The molecule has 0 aliphatic rings. The molecule has 14 heavy (non-hydrogen) atoms. The van der Waals surface area contributed by atoms with Gasteiger partial charge in [-0.15, -0.1) is 0 Å². The molecule has 0 aromatic heterocycles. The van der Waals surface area contributed by atoms with Crippen LogP contribution in [0.15, 0.2) is 16.6 Å². The molecule has 0 aliphatic heterocycles. The highest BCUT2D eigenvalue weighted by molar-refractivity contribution is 9.10. The van der Waals surface area contributed by atoms with Crippen molar-refractivity contribution >= 4 is 27.6 Å². The van der Waals surface area contributed by atoms with Crippen LogP contribution in [0, 0.1) is 6.92 Å². The summed E-state index contributed by atoms with van der Waals surface area (Å²) in [5.41, 5.74) is 7.76. The largest absolute Gasteiger partial charge is 0.462 e. The van der Waals surface area contributed by atoms with Gasteiger partial charge in [-0.05, 0) is 47.5 Å². The average Bonchev–Trinajstić information content (AvgIpc) is 2.13. The first-order valence-electron chi connectivity index (χ1n) is 4.29. The second-order valence-electron chi connectivity index (χ2n) is 2.91. The van der Waals surface area contributed by atoms with Crippen molar-refractivity contribution in [2.24, 2.45) is 0 Å². The number of hydrogen-bond donors (Lipinski definition) is 1. The van der Waals surface area contributed by atoms with Crippen molar-refractivity contribution in [2.75, 3.05) is 12.3 Å². The summed E-state index contributed by atoms with van der Waals surface area (Å²) in [5.74, 6) is -0.323. The fourth-order valence-corrected chi connectivity index (χ4v) is 1.65. The standard InChI is InChI=1S/C10H12BrNO2/c1-3-14-10(13)7-4-6(2)9(12)8(11)5-7/h4-5H,3,12H2,1-2H3. The number of hydrogen-bond acceptors (Lipinski definition) is 3. The molecule has 4 heteroatoms. The van der Waals surface area contributed by atoms with Crippen molar-refractivity contribution in [3.05, 3.63) is 27.7 Å². The highest BCUT2D eigenvalue weighted by Crippen LogP contribution is 2.25. The van der Waals surface area contributed by atoms with E-state index in [0.717, 1.165) is 10.0 Å². The van der Waals surface area contributed by atoms with E-state index in [1.54, 1.807) is 19.1 Å². The van der Waals surface area contributed by atoms with Crippen molar-refractivity contribution in [3.63, 3.8) is 0 Å². The lowest BCUT2D eigenvalue weighted by molar-refractivity contribution is 0.0526. The van der Waals surface area contributed by atoms with E-state index < -0.39 is 0 Å². The van der Waals surface area contributed by atoms with Gasteiger partial charge in [-0.2, -0.15) is 0 Å². The Kier molecular flexibility index (Phi) is 3.52. The van der Waals surface area contributed by atoms with Gasteiger partial charge < -0.3 is 10.5 Å². The van der Waals surface area contributed by atoms with Crippen molar-refractivity contribution in [3.8, 4) is 0 Å². The van der Waals surface area contributed by atoms with E-state index in [0.29, 0.717) is 17.9 Å². The maximum Gasteiger partial charge on any atom is 0.338 e. The Morgan fingerprint density at radius 1 is 1.57 bits per heavy atom. The number of rotatable bonds is 2. The lowest BCUT2D eigenvalue weighted by Crippen LogP contribution is -2.06. The summed E-state index contributed by atoms with van der Waals surface area (Å²) in [6.45, 7) is 4.00. The number of esters is 1. The number of carbonyl (C=O) groups is 1. The predicted octanol–water partition coefficient (Wildman–Crippen LogP) is 2.52. The van der Waals surface area contributed by atoms with E-state index in [9.17, 15) is 4.79 Å². The zero-order chi connectivity index (χ0) is 10.7. The third-order valence-corrected chi connectivity index (χ3v) is 2.50. The Balaban J connectivity index is 3.06. The molecule has 0 spiro atoms. The Morgan fingerprint density at radius 2 is 2.21 bits per heavy atom. The molecule has 1 aromatic rings. The number of nitrogens with two attached hydrogens (primary N) is 1. The maximum atomic E-state index is 11.4. The molecule has 0 amide bonds. The van der Waals surface area contributed by atoms with Crippen LogP contribution in [0.5, 0.6) is 0 Å². The van der Waals surface area contributed by atoms with E-state index in [2.05, 4.69) is 15.9 Å². The second-order valence-corrected chi connectivity index (χ2v) is 3.76. The van der Waals surface area contributed by atoms with Gasteiger partial charge in [0.1, 0.15) is 0 Å². The third-order valence-electron chi connectivity index (χ3n) is 1.85. The monoisotopic (exact) mass is 257 g/mol. The predicted molar refractivity (Wildman–Crippen MR) is 59.2 cm³/mol. The molecule has 0 bridgehead atoms. The van der Waals surface area contributed by atoms with Gasteiger partial charge in [-0.3, -0.25) is 0 Å². The number of ether oxygens (including phenoxy) is 1. The highest BCUT2D eigenvalue weighted by Gasteiger charge is 2.10. The molecule has 3 nitrogen and oxygen atoms in total. The van der Waals surface area contributed by atoms with Crippen LogP contribution in [0.4, 0.5) is 5.69 Å². The smallest absolute Gasteiger partial charge is 0.338 e. The third kappa shape index (κ3) is 2.26. The summed E-state index contributed by atoms with van der Waals surface area (Å²) in [6.07, 6.45) is 0. The topological polar surface area (TPSA) is 52.3 Å². The first-order valence-corrected chi connectivity index (χ1v) is 5.08. The SMILES string of the molecule is CCOC(=O)c1cc(C)c(N)c(Br)c1. The van der Waals surface area contributed by atoms with Gasteiger partial charge in [0.15, 0.2) is 0 Å². The fraction of sp³-hybridized carbons (Fsp3) is 0.300. The van der Waals surface area contributed by atoms with E-state index >= 15 is 0 Å². The van der Waals surface area contributed by atoms with Gasteiger partial charge in [0.25, 0.3) is 0 Å². The van der Waals surface area contributed by atoms with Crippen LogP contribution in [-0.2, 0) is 4.74 Å². The summed E-state index contributed by atoms with van der Waals surface area (Å²) in [6, 6.07) is 3.39. The molecule has 0 atom stereocenters. The van der Waals surface area contributed by atoms with Crippen LogP contribution >= 0.6 is 15.9 Å². The Bertz CT molecular complexity index is 340. The van der Waals surface area contributed by atoms with Crippen LogP contribution in [0.2, 0.25) is 0 Å². The van der Waals surface area contributed by atoms with Crippen molar-refractivity contribution in [1.82, 2.24) is 0 Å². The minimum atomic E-state index is -0.323. The van der Waals surface area contributed by atoms with E-state index in [-0.39, 0.29) is 5.97 Å². The van der Waals surface area contributed by atoms with Crippen LogP contribution < -0.4 is 5.73 Å². The lowest BCUT2D eigenvalue weighted by atomic mass is 10.1.